The number of nitrogens with one attached hydrogen (secondary N) is 1. The molecule has 0 saturated carbocycles. The highest BCUT2D eigenvalue weighted by Gasteiger charge is 2.10. The Balaban J connectivity index is 2.16. The first kappa shape index (κ1) is 10.1. The van der Waals surface area contributed by atoms with E-state index in [1.807, 2.05) is 36.0 Å². The molecule has 2 aromatic heterocycles. The molecule has 0 radical (unpaired) electrons. The largest absolute Gasteiger partial charge is 0.337 e. The van der Waals surface area contributed by atoms with Crippen LogP contribution in [0.15, 0.2) is 30.3 Å². The van der Waals surface area contributed by atoms with Crippen LogP contribution in [0.4, 0.5) is 0 Å². The Morgan fingerprint density at radius 2 is 2.12 bits per heavy atom. The van der Waals surface area contributed by atoms with Gasteiger partial charge in [0.15, 0.2) is 5.82 Å². The minimum atomic E-state index is 0.876. The summed E-state index contributed by atoms with van der Waals surface area (Å²) in [5.74, 6) is 0.876. The second-order valence-electron chi connectivity index (χ2n) is 4.10. The first-order chi connectivity index (χ1) is 8.28. The van der Waals surface area contributed by atoms with Crippen LogP contribution in [0.5, 0.6) is 0 Å². The number of benzene rings is 1. The molecule has 1 aromatic carbocycles. The standard InChI is InChI=1S/C13H14N4/c1-3-9-8-12(17(2)16-9)13-14-10-6-4-5-7-11(10)15-13/h4-8H,3H2,1-2H3,(H,14,15). The molecule has 0 atom stereocenters. The minimum absolute atomic E-state index is 0.876. The van der Waals surface area contributed by atoms with E-state index in [1.165, 1.54) is 0 Å². The summed E-state index contributed by atoms with van der Waals surface area (Å²) in [6.45, 7) is 2.10. The minimum Gasteiger partial charge on any atom is -0.337 e. The lowest BCUT2D eigenvalue weighted by atomic mass is 10.3. The summed E-state index contributed by atoms with van der Waals surface area (Å²) in [6, 6.07) is 10.1. The highest BCUT2D eigenvalue weighted by atomic mass is 15.3. The molecule has 0 unspecified atom stereocenters. The van der Waals surface area contributed by atoms with E-state index in [0.717, 1.165) is 34.7 Å². The van der Waals surface area contributed by atoms with E-state index in [4.69, 9.17) is 0 Å². The van der Waals surface area contributed by atoms with E-state index in [1.54, 1.807) is 0 Å². The first-order valence-corrected chi connectivity index (χ1v) is 5.76. The van der Waals surface area contributed by atoms with Gasteiger partial charge in [0.05, 0.1) is 16.7 Å². The van der Waals surface area contributed by atoms with Gasteiger partial charge in [-0.15, -0.1) is 0 Å². The van der Waals surface area contributed by atoms with Crippen LogP contribution >= 0.6 is 0 Å². The highest BCUT2D eigenvalue weighted by molar-refractivity contribution is 5.78. The van der Waals surface area contributed by atoms with Crippen LogP contribution in [0.3, 0.4) is 0 Å². The average molecular weight is 226 g/mol. The molecule has 0 bridgehead atoms. The number of rotatable bonds is 2. The van der Waals surface area contributed by atoms with Crippen molar-refractivity contribution in [3.63, 3.8) is 0 Å². The molecule has 0 fully saturated rings. The number of aromatic nitrogens is 4. The van der Waals surface area contributed by atoms with Crippen molar-refractivity contribution in [1.82, 2.24) is 19.7 Å². The highest BCUT2D eigenvalue weighted by Crippen LogP contribution is 2.20. The molecule has 0 saturated heterocycles. The van der Waals surface area contributed by atoms with E-state index in [9.17, 15) is 0 Å². The maximum absolute atomic E-state index is 4.58. The molecule has 3 aromatic rings. The molecule has 0 spiro atoms. The molecular weight excluding hydrogens is 212 g/mol. The number of hydrogen-bond acceptors (Lipinski definition) is 2. The molecule has 0 amide bonds. The molecule has 0 aliphatic heterocycles. The Hall–Kier alpha value is -2.10. The Labute approximate surface area is 99.3 Å². The van der Waals surface area contributed by atoms with E-state index in [2.05, 4.69) is 28.1 Å². The second-order valence-corrected chi connectivity index (χ2v) is 4.10. The zero-order valence-corrected chi connectivity index (χ0v) is 9.94. The number of H-pyrrole nitrogens is 1. The van der Waals surface area contributed by atoms with Crippen molar-refractivity contribution < 1.29 is 0 Å². The fraction of sp³-hybridized carbons (Fsp3) is 0.231. The summed E-state index contributed by atoms with van der Waals surface area (Å²) in [5, 5.41) is 4.43. The fourth-order valence-corrected chi connectivity index (χ4v) is 2.00. The maximum Gasteiger partial charge on any atom is 0.156 e. The van der Waals surface area contributed by atoms with E-state index in [0.29, 0.717) is 0 Å². The Bertz CT molecular complexity index is 630. The maximum atomic E-state index is 4.58. The van der Waals surface area contributed by atoms with Gasteiger partial charge in [-0.25, -0.2) is 4.98 Å². The Kier molecular flexibility index (Phi) is 2.21. The molecule has 2 heterocycles. The van der Waals surface area contributed by atoms with Crippen LogP contribution < -0.4 is 0 Å². The summed E-state index contributed by atoms with van der Waals surface area (Å²) in [6.07, 6.45) is 0.939. The van der Waals surface area contributed by atoms with Gasteiger partial charge in [-0.05, 0) is 24.6 Å². The van der Waals surface area contributed by atoms with Gasteiger partial charge in [-0.3, -0.25) is 4.68 Å². The van der Waals surface area contributed by atoms with Crippen molar-refractivity contribution in [3.8, 4) is 11.5 Å². The Morgan fingerprint density at radius 1 is 1.29 bits per heavy atom. The summed E-state index contributed by atoms with van der Waals surface area (Å²) >= 11 is 0. The van der Waals surface area contributed by atoms with Gasteiger partial charge >= 0.3 is 0 Å². The van der Waals surface area contributed by atoms with Crippen molar-refractivity contribution in [2.24, 2.45) is 7.05 Å². The zero-order valence-electron chi connectivity index (χ0n) is 9.94. The van der Waals surface area contributed by atoms with Gasteiger partial charge in [0, 0.05) is 7.05 Å². The number of aryl methyl sites for hydroxylation is 2. The monoisotopic (exact) mass is 226 g/mol. The number of aromatic amines is 1. The lowest BCUT2D eigenvalue weighted by molar-refractivity contribution is 0.749. The predicted molar refractivity (Wildman–Crippen MR) is 67.7 cm³/mol. The topological polar surface area (TPSA) is 46.5 Å². The number of fused-ring (bicyclic) bond motifs is 1. The third-order valence-corrected chi connectivity index (χ3v) is 2.92. The summed E-state index contributed by atoms with van der Waals surface area (Å²) < 4.78 is 1.87. The lowest BCUT2D eigenvalue weighted by Gasteiger charge is -1.95. The molecule has 0 aliphatic rings. The number of hydrogen-bond donors (Lipinski definition) is 1. The third kappa shape index (κ3) is 1.62. The van der Waals surface area contributed by atoms with Gasteiger partial charge in [-0.2, -0.15) is 5.10 Å². The van der Waals surface area contributed by atoms with Crippen LogP contribution in [0.1, 0.15) is 12.6 Å². The molecule has 1 N–H and O–H groups in total. The fourth-order valence-electron chi connectivity index (χ4n) is 2.00. The van der Waals surface area contributed by atoms with Crippen molar-refractivity contribution in [1.29, 1.82) is 0 Å². The summed E-state index contributed by atoms with van der Waals surface area (Å²) in [7, 11) is 1.95. The molecule has 17 heavy (non-hydrogen) atoms. The molecule has 4 nitrogen and oxygen atoms in total. The number of imidazole rings is 1. The van der Waals surface area contributed by atoms with Gasteiger partial charge in [-0.1, -0.05) is 19.1 Å². The quantitative estimate of drug-likeness (QED) is 0.729. The van der Waals surface area contributed by atoms with Crippen molar-refractivity contribution >= 4 is 11.0 Å². The van der Waals surface area contributed by atoms with Crippen LogP contribution in [0.2, 0.25) is 0 Å². The second kappa shape index (κ2) is 3.73. The molecule has 3 rings (SSSR count). The van der Waals surface area contributed by atoms with Gasteiger partial charge < -0.3 is 4.98 Å². The molecule has 0 aliphatic carbocycles. The summed E-state index contributed by atoms with van der Waals surface area (Å²) in [5.41, 5.74) is 4.16. The number of nitrogens with zero attached hydrogens (tertiary/aromatic N) is 3. The van der Waals surface area contributed by atoms with Crippen LogP contribution in [0, 0.1) is 0 Å². The van der Waals surface area contributed by atoms with Gasteiger partial charge in [0.1, 0.15) is 5.69 Å². The van der Waals surface area contributed by atoms with E-state index >= 15 is 0 Å². The van der Waals surface area contributed by atoms with Gasteiger partial charge in [0.25, 0.3) is 0 Å². The van der Waals surface area contributed by atoms with Crippen molar-refractivity contribution in [2.75, 3.05) is 0 Å². The van der Waals surface area contributed by atoms with Crippen LogP contribution in [-0.2, 0) is 13.5 Å². The SMILES string of the molecule is CCc1cc(-c2nc3ccccc3[nH]2)n(C)n1. The Morgan fingerprint density at radius 3 is 2.82 bits per heavy atom. The van der Waals surface area contributed by atoms with E-state index < -0.39 is 0 Å². The lowest BCUT2D eigenvalue weighted by Crippen LogP contribution is -1.95. The van der Waals surface area contributed by atoms with Crippen LogP contribution in [0.25, 0.3) is 22.6 Å². The smallest absolute Gasteiger partial charge is 0.156 e. The van der Waals surface area contributed by atoms with Crippen molar-refractivity contribution in [3.05, 3.63) is 36.0 Å². The predicted octanol–water partition coefficient (Wildman–Crippen LogP) is 2.53. The summed E-state index contributed by atoms with van der Waals surface area (Å²) in [4.78, 5) is 7.89. The third-order valence-electron chi connectivity index (χ3n) is 2.92. The van der Waals surface area contributed by atoms with Crippen LogP contribution in [-0.4, -0.2) is 19.7 Å². The number of para-hydroxylation sites is 2. The molecule has 86 valence electrons. The van der Waals surface area contributed by atoms with Gasteiger partial charge in [0.2, 0.25) is 0 Å². The first-order valence-electron chi connectivity index (χ1n) is 5.76. The zero-order chi connectivity index (χ0) is 11.8. The van der Waals surface area contributed by atoms with E-state index in [-0.39, 0.29) is 0 Å². The normalized spacial score (nSPS) is 11.2. The molecular formula is C13H14N4. The average Bonchev–Trinajstić information content (AvgIpc) is 2.91. The molecule has 4 heteroatoms. The van der Waals surface area contributed by atoms with Crippen molar-refractivity contribution in [2.45, 2.75) is 13.3 Å².